The van der Waals surface area contributed by atoms with Crippen molar-refractivity contribution in [3.63, 3.8) is 0 Å². The number of rotatable bonds is 11. The fourth-order valence-electron chi connectivity index (χ4n) is 11.5. The number of carbonyl (C=O) groups excluding carboxylic acids is 6. The van der Waals surface area contributed by atoms with E-state index in [9.17, 15) is 39.3 Å². The lowest BCUT2D eigenvalue weighted by Crippen LogP contribution is -2.84. The summed E-state index contributed by atoms with van der Waals surface area (Å²) in [7, 11) is 0. The van der Waals surface area contributed by atoms with E-state index in [-0.39, 0.29) is 42.1 Å². The van der Waals surface area contributed by atoms with Crippen LogP contribution in [0.1, 0.15) is 101 Å². The number of amides is 1. The topological polar surface area (TPSA) is 249 Å². The fourth-order valence-corrected chi connectivity index (χ4v) is 11.5. The summed E-state index contributed by atoms with van der Waals surface area (Å²) in [6, 6.07) is 6.88. The number of aliphatic hydroxyl groups is 3. The van der Waals surface area contributed by atoms with Crippen LogP contribution in [0.4, 0.5) is 9.59 Å². The van der Waals surface area contributed by atoms with Crippen molar-refractivity contribution in [1.82, 2.24) is 5.32 Å². The van der Waals surface area contributed by atoms with E-state index in [1.807, 2.05) is 13.8 Å². The van der Waals surface area contributed by atoms with Gasteiger partial charge in [0, 0.05) is 36.7 Å². The molecule has 1 aromatic rings. The lowest BCUT2D eigenvalue weighted by Gasteiger charge is -2.68. The zero-order valence-electron chi connectivity index (χ0n) is 37.4. The molecule has 1 amide bonds. The Hall–Kier alpha value is -4.62. The summed E-state index contributed by atoms with van der Waals surface area (Å²) in [4.78, 5) is 83.5. The van der Waals surface area contributed by atoms with Crippen LogP contribution in [-0.4, -0.2) is 123 Å². The molecular weight excluding hydrogens is 826 g/mol. The summed E-state index contributed by atoms with van der Waals surface area (Å²) in [5, 5.41) is 38.7. The van der Waals surface area contributed by atoms with Crippen LogP contribution in [0.5, 0.6) is 0 Å². The highest BCUT2D eigenvalue weighted by Gasteiger charge is 2.92. The second-order valence-electron chi connectivity index (χ2n) is 19.9. The Morgan fingerprint density at radius 1 is 0.984 bits per heavy atom. The summed E-state index contributed by atoms with van der Waals surface area (Å²) in [6.45, 7) is 16.6. The Kier molecular flexibility index (Phi) is 11.4. The molecule has 63 heavy (non-hydrogen) atoms. The van der Waals surface area contributed by atoms with E-state index >= 15 is 4.79 Å². The Labute approximate surface area is 365 Å². The summed E-state index contributed by atoms with van der Waals surface area (Å²) in [5.74, 6) is -6.30. The molecule has 1 aromatic carbocycles. The number of ether oxygens (including phenoxy) is 8. The van der Waals surface area contributed by atoms with Gasteiger partial charge in [-0.3, -0.25) is 14.4 Å². The normalized spacial score (nSPS) is 37.3. The van der Waals surface area contributed by atoms with Crippen LogP contribution < -0.4 is 5.32 Å². The molecule has 18 nitrogen and oxygen atoms in total. The molecule has 5 fully saturated rings. The minimum Gasteiger partial charge on any atom is -0.453 e. The number of hydrogen-bond donors (Lipinski definition) is 4. The molecule has 6 aliphatic rings. The SMILES string of the molecule is CC(=O)O[C@H]1C(=O)[C@@]2(C)C([C@H](OC(O)c3ccccc3)[C@]34OC(=O)O[C@H]3[C@H](OC(=O)[C@H](O)[C@H](CC(C)C)NC(=O)OC(C)(C)C)C(C)=C1C4(C)C)[C@]1(OC(C)=O)COC13CC3[C@@H]2O. The zero-order chi connectivity index (χ0) is 46.6. The number of alkyl carbamates (subject to hydrolysis) is 1. The first-order valence-corrected chi connectivity index (χ1v) is 21.3. The molecule has 2 heterocycles. The Bertz CT molecular complexity index is 2100. The molecule has 4 N–H and O–H groups in total. The number of fused-ring (bicyclic) bond motifs is 3. The first-order chi connectivity index (χ1) is 29.2. The first kappa shape index (κ1) is 46.4. The van der Waals surface area contributed by atoms with Gasteiger partial charge in [-0.05, 0) is 64.5 Å². The number of nitrogens with one attached hydrogen (secondary N) is 1. The van der Waals surface area contributed by atoms with E-state index in [1.165, 1.54) is 20.8 Å². The van der Waals surface area contributed by atoms with E-state index in [1.54, 1.807) is 65.0 Å². The average molecular weight is 886 g/mol. The first-order valence-electron chi connectivity index (χ1n) is 21.3. The molecule has 14 atom stereocenters. The number of Topliss-reactive ketones (excluding diaryl/α,β-unsaturated/α-hetero) is 1. The third-order valence-electron chi connectivity index (χ3n) is 14.1. The van der Waals surface area contributed by atoms with E-state index in [2.05, 4.69) is 5.32 Å². The molecule has 18 heteroatoms. The van der Waals surface area contributed by atoms with Gasteiger partial charge in [0.05, 0.1) is 24.2 Å². The van der Waals surface area contributed by atoms with E-state index in [0.717, 1.165) is 6.92 Å². The van der Waals surface area contributed by atoms with Gasteiger partial charge in [0.15, 0.2) is 47.7 Å². The maximum absolute atomic E-state index is 15.8. The minimum absolute atomic E-state index is 0.0103. The van der Waals surface area contributed by atoms with Gasteiger partial charge < -0.3 is 58.5 Å². The van der Waals surface area contributed by atoms with E-state index < -0.39 is 130 Å². The van der Waals surface area contributed by atoms with Crippen molar-refractivity contribution < 1.29 is 82.0 Å². The lowest BCUT2D eigenvalue weighted by atomic mass is 9.44. The van der Waals surface area contributed by atoms with Crippen molar-refractivity contribution in [3.05, 3.63) is 47.0 Å². The predicted molar refractivity (Wildman–Crippen MR) is 215 cm³/mol. The van der Waals surface area contributed by atoms with Crippen molar-refractivity contribution in [2.24, 2.45) is 28.6 Å². The molecule has 0 radical (unpaired) electrons. The van der Waals surface area contributed by atoms with E-state index in [0.29, 0.717) is 0 Å². The number of aliphatic hydroxyl groups excluding tert-OH is 3. The molecule has 2 bridgehead atoms. The average Bonchev–Trinajstić information content (AvgIpc) is 3.86. The van der Waals surface area contributed by atoms with Crippen molar-refractivity contribution in [2.45, 2.75) is 160 Å². The molecule has 4 aliphatic carbocycles. The Balaban J connectivity index is 1.46. The van der Waals surface area contributed by atoms with Crippen LogP contribution in [0.2, 0.25) is 0 Å². The van der Waals surface area contributed by atoms with Crippen LogP contribution in [0.3, 0.4) is 0 Å². The number of ketones is 1. The van der Waals surface area contributed by atoms with Gasteiger partial charge in [-0.25, -0.2) is 14.4 Å². The lowest BCUT2D eigenvalue weighted by molar-refractivity contribution is -0.369. The van der Waals surface area contributed by atoms with E-state index in [4.69, 9.17) is 37.9 Å². The van der Waals surface area contributed by atoms with Crippen LogP contribution in [0.15, 0.2) is 41.5 Å². The highest BCUT2D eigenvalue weighted by atomic mass is 16.8. The third kappa shape index (κ3) is 7.02. The molecule has 2 spiro atoms. The highest BCUT2D eigenvalue weighted by Crippen LogP contribution is 2.76. The van der Waals surface area contributed by atoms with Gasteiger partial charge in [0.25, 0.3) is 0 Å². The molecule has 346 valence electrons. The van der Waals surface area contributed by atoms with Gasteiger partial charge in [0.2, 0.25) is 0 Å². The van der Waals surface area contributed by atoms with Crippen LogP contribution in [-0.2, 0) is 57.1 Å². The quantitative estimate of drug-likeness (QED) is 0.107. The van der Waals surface area contributed by atoms with Crippen molar-refractivity contribution in [2.75, 3.05) is 6.61 Å². The minimum atomic E-state index is -2.30. The predicted octanol–water partition coefficient (Wildman–Crippen LogP) is 3.51. The molecule has 4 unspecified atom stereocenters. The van der Waals surface area contributed by atoms with Gasteiger partial charge in [-0.15, -0.1) is 0 Å². The smallest absolute Gasteiger partial charge is 0.453 e. The molecule has 3 saturated carbocycles. The third-order valence-corrected chi connectivity index (χ3v) is 14.1. The standard InChI is InChI=1S/C45H59NO17/c1-20(2)17-26(46-38(54)62-40(6,7)8)28(49)37(53)58-29-21(3)27-30(57-22(4)47)33(51)42(11)31(44(61-23(5)48)19-56-43(44)18-25(43)32(42)50)35(59-36(52)24-15-13-12-14-16-24)45(41(27,9)10)34(29)60-39(55)63-45/h12-16,20,25-26,28-32,34-36,49-50,52H,17-19H2,1-11H3,(H,46,54)/t25?,26-,28+,29+,30+,31?,32-,34-,35-,36?,42-,43?,44+,45+/m0/s1. The van der Waals surface area contributed by atoms with Gasteiger partial charge in [0.1, 0.15) is 17.3 Å². The molecule has 2 saturated heterocycles. The van der Waals surface area contributed by atoms with Crippen molar-refractivity contribution >= 4 is 35.9 Å². The maximum Gasteiger partial charge on any atom is 0.509 e. The number of carbonyl (C=O) groups is 6. The summed E-state index contributed by atoms with van der Waals surface area (Å²) < 4.78 is 49.1. The highest BCUT2D eigenvalue weighted by molar-refractivity contribution is 5.95. The van der Waals surface area contributed by atoms with Gasteiger partial charge in [-0.1, -0.05) is 58.0 Å². The largest absolute Gasteiger partial charge is 0.509 e. The van der Waals surface area contributed by atoms with Crippen LogP contribution in [0, 0.1) is 28.6 Å². The number of esters is 3. The molecular formula is C45H59NO17. The second kappa shape index (κ2) is 15.5. The second-order valence-corrected chi connectivity index (χ2v) is 19.9. The van der Waals surface area contributed by atoms with Crippen LogP contribution >= 0.6 is 0 Å². The Morgan fingerprint density at radius 2 is 1.63 bits per heavy atom. The molecule has 2 aliphatic heterocycles. The van der Waals surface area contributed by atoms with Crippen molar-refractivity contribution in [1.29, 1.82) is 0 Å². The summed E-state index contributed by atoms with van der Waals surface area (Å²) in [6.07, 6.45) is -14.5. The number of hydrogen-bond acceptors (Lipinski definition) is 17. The van der Waals surface area contributed by atoms with Crippen molar-refractivity contribution in [3.8, 4) is 0 Å². The number of benzene rings is 1. The molecule has 0 aromatic heterocycles. The monoisotopic (exact) mass is 885 g/mol. The molecule has 7 rings (SSSR count). The summed E-state index contributed by atoms with van der Waals surface area (Å²) in [5.41, 5.74) is -9.85. The maximum atomic E-state index is 15.8. The summed E-state index contributed by atoms with van der Waals surface area (Å²) >= 11 is 0. The van der Waals surface area contributed by atoms with Crippen LogP contribution in [0.25, 0.3) is 0 Å². The zero-order valence-corrected chi connectivity index (χ0v) is 37.4. The Morgan fingerprint density at radius 3 is 2.19 bits per heavy atom. The fraction of sp³-hybridized carbons (Fsp3) is 0.689. The van der Waals surface area contributed by atoms with Gasteiger partial charge >= 0.3 is 30.2 Å². The van der Waals surface area contributed by atoms with Gasteiger partial charge in [-0.2, -0.15) is 0 Å².